The summed E-state index contributed by atoms with van der Waals surface area (Å²) in [7, 11) is 0. The van der Waals surface area contributed by atoms with Gasteiger partial charge in [0.05, 0.1) is 16.7 Å². The number of carbonyl (C=O) groups excluding carboxylic acids is 1. The minimum absolute atomic E-state index is 0. The lowest BCUT2D eigenvalue weighted by molar-refractivity contribution is -0.133. The second-order valence-corrected chi connectivity index (χ2v) is 8.15. The molecule has 1 amide bonds. The molecule has 2 rings (SSSR count). The van der Waals surface area contributed by atoms with Crippen LogP contribution in [0, 0.1) is 0 Å². The van der Waals surface area contributed by atoms with Crippen molar-refractivity contribution in [2.45, 2.75) is 51.0 Å². The monoisotopic (exact) mass is 377 g/mol. The number of carbonyl (C=O) groups is 1. The van der Waals surface area contributed by atoms with Gasteiger partial charge < -0.3 is 10.6 Å². The van der Waals surface area contributed by atoms with Gasteiger partial charge in [0.2, 0.25) is 5.91 Å². The average Bonchev–Trinajstić information content (AvgIpc) is 3.02. The molecule has 0 spiro atoms. The first-order chi connectivity index (χ1) is 10.5. The lowest BCUT2D eigenvalue weighted by Crippen LogP contribution is -2.47. The highest BCUT2D eigenvalue weighted by Gasteiger charge is 2.29. The molecule has 23 heavy (non-hydrogen) atoms. The van der Waals surface area contributed by atoms with E-state index >= 15 is 0 Å². The zero-order valence-corrected chi connectivity index (χ0v) is 16.6. The van der Waals surface area contributed by atoms with Crippen molar-refractivity contribution >= 4 is 41.4 Å². The smallest absolute Gasteiger partial charge is 0.239 e. The normalized spacial score (nSPS) is 19.5. The van der Waals surface area contributed by atoms with Crippen LogP contribution in [-0.2, 0) is 4.79 Å². The van der Waals surface area contributed by atoms with E-state index in [0.29, 0.717) is 11.8 Å². The molecule has 1 aromatic rings. The summed E-state index contributed by atoms with van der Waals surface area (Å²) in [6.45, 7) is 5.95. The van der Waals surface area contributed by atoms with Crippen LogP contribution in [0.3, 0.4) is 0 Å². The molecule has 1 aliphatic rings. The van der Waals surface area contributed by atoms with Gasteiger partial charge in [-0.05, 0) is 37.2 Å². The maximum absolute atomic E-state index is 12.5. The van der Waals surface area contributed by atoms with Gasteiger partial charge in [-0.3, -0.25) is 4.79 Å². The molecular formula is C16H28ClN3OS2. The maximum Gasteiger partial charge on any atom is 0.239 e. The van der Waals surface area contributed by atoms with E-state index in [1.807, 2.05) is 11.2 Å². The molecule has 4 nitrogen and oxygen atoms in total. The number of halogens is 1. The number of thioether (sulfide) groups is 1. The third-order valence-electron chi connectivity index (χ3n) is 4.16. The van der Waals surface area contributed by atoms with Crippen LogP contribution in [0.4, 0.5) is 0 Å². The molecule has 1 fully saturated rings. The van der Waals surface area contributed by atoms with Crippen molar-refractivity contribution in [1.82, 2.24) is 9.88 Å². The summed E-state index contributed by atoms with van der Waals surface area (Å²) in [5.41, 5.74) is 7.21. The predicted octanol–water partition coefficient (Wildman–Crippen LogP) is 3.47. The largest absolute Gasteiger partial charge is 0.341 e. The third-order valence-corrected chi connectivity index (χ3v) is 5.83. The van der Waals surface area contributed by atoms with Crippen molar-refractivity contribution in [2.75, 3.05) is 25.1 Å². The first-order valence-electron chi connectivity index (χ1n) is 8.01. The Morgan fingerprint density at radius 3 is 2.91 bits per heavy atom. The van der Waals surface area contributed by atoms with Gasteiger partial charge in [0, 0.05) is 24.4 Å². The molecule has 1 unspecified atom stereocenters. The SMILES string of the molecule is CSCC[C@H](N)C(=O)N1CCCC(c2nc(C(C)C)cs2)C1.Cl. The molecule has 7 heteroatoms. The molecule has 0 radical (unpaired) electrons. The van der Waals surface area contributed by atoms with Crippen LogP contribution in [0.1, 0.15) is 55.6 Å². The van der Waals surface area contributed by atoms with E-state index < -0.39 is 0 Å². The fraction of sp³-hybridized carbons (Fsp3) is 0.750. The first kappa shape index (κ1) is 20.7. The molecule has 0 aromatic carbocycles. The summed E-state index contributed by atoms with van der Waals surface area (Å²) in [5, 5.41) is 3.34. The molecule has 132 valence electrons. The fourth-order valence-corrected chi connectivity index (χ4v) is 4.33. The Morgan fingerprint density at radius 1 is 1.57 bits per heavy atom. The van der Waals surface area contributed by atoms with Gasteiger partial charge in [0.25, 0.3) is 0 Å². The van der Waals surface area contributed by atoms with Crippen LogP contribution >= 0.6 is 35.5 Å². The van der Waals surface area contributed by atoms with Crippen LogP contribution in [-0.4, -0.2) is 46.9 Å². The van der Waals surface area contributed by atoms with Gasteiger partial charge in [-0.2, -0.15) is 11.8 Å². The number of hydrogen-bond acceptors (Lipinski definition) is 5. The molecule has 2 heterocycles. The van der Waals surface area contributed by atoms with E-state index in [-0.39, 0.29) is 24.4 Å². The van der Waals surface area contributed by atoms with Crippen molar-refractivity contribution in [2.24, 2.45) is 5.73 Å². The van der Waals surface area contributed by atoms with Crippen LogP contribution in [0.25, 0.3) is 0 Å². The number of nitrogens with two attached hydrogens (primary N) is 1. The highest BCUT2D eigenvalue weighted by atomic mass is 35.5. The summed E-state index contributed by atoms with van der Waals surface area (Å²) in [4.78, 5) is 19.2. The Kier molecular flexibility index (Phi) is 8.90. The third kappa shape index (κ3) is 5.62. The lowest BCUT2D eigenvalue weighted by atomic mass is 9.97. The van der Waals surface area contributed by atoms with Crippen molar-refractivity contribution < 1.29 is 4.79 Å². The Morgan fingerprint density at radius 2 is 2.30 bits per heavy atom. The van der Waals surface area contributed by atoms with Crippen LogP contribution in [0.5, 0.6) is 0 Å². The van der Waals surface area contributed by atoms with Gasteiger partial charge in [0.15, 0.2) is 0 Å². The van der Waals surface area contributed by atoms with Crippen molar-refractivity contribution in [3.8, 4) is 0 Å². The second kappa shape index (κ2) is 9.87. The minimum Gasteiger partial charge on any atom is -0.341 e. The number of amides is 1. The van der Waals surface area contributed by atoms with Gasteiger partial charge in [-0.25, -0.2) is 4.98 Å². The number of rotatable bonds is 6. The molecule has 1 aromatic heterocycles. The summed E-state index contributed by atoms with van der Waals surface area (Å²) in [5.74, 6) is 1.89. The molecule has 0 saturated carbocycles. The Labute approximate surface area is 154 Å². The fourth-order valence-electron chi connectivity index (χ4n) is 2.74. The molecule has 1 saturated heterocycles. The predicted molar refractivity (Wildman–Crippen MR) is 103 cm³/mol. The lowest BCUT2D eigenvalue weighted by Gasteiger charge is -2.33. The zero-order chi connectivity index (χ0) is 16.1. The molecule has 2 atom stereocenters. The zero-order valence-electron chi connectivity index (χ0n) is 14.2. The molecule has 0 aliphatic carbocycles. The Hall–Kier alpha value is -0.300. The van der Waals surface area contributed by atoms with Crippen molar-refractivity contribution in [3.63, 3.8) is 0 Å². The van der Waals surface area contributed by atoms with E-state index in [9.17, 15) is 4.79 Å². The standard InChI is InChI=1S/C16H27N3OS2.ClH/c1-11(2)14-10-22-15(18-14)12-5-4-7-19(9-12)16(20)13(17)6-8-21-3;/h10-13H,4-9,17H2,1-3H3;1H/t12?,13-;/m0./s1. The van der Waals surface area contributed by atoms with Crippen molar-refractivity contribution in [3.05, 3.63) is 16.1 Å². The van der Waals surface area contributed by atoms with E-state index in [1.54, 1.807) is 23.1 Å². The van der Waals surface area contributed by atoms with Gasteiger partial charge >= 0.3 is 0 Å². The number of nitrogens with zero attached hydrogens (tertiary/aromatic N) is 2. The van der Waals surface area contributed by atoms with Crippen LogP contribution < -0.4 is 5.73 Å². The summed E-state index contributed by atoms with van der Waals surface area (Å²) >= 11 is 3.47. The second-order valence-electron chi connectivity index (χ2n) is 6.28. The highest BCUT2D eigenvalue weighted by Crippen LogP contribution is 2.31. The van der Waals surface area contributed by atoms with E-state index in [2.05, 4.69) is 19.2 Å². The van der Waals surface area contributed by atoms with Gasteiger partial charge in [-0.15, -0.1) is 23.7 Å². The summed E-state index contributed by atoms with van der Waals surface area (Å²) < 4.78 is 0. The van der Waals surface area contributed by atoms with Gasteiger partial charge in [0.1, 0.15) is 0 Å². The highest BCUT2D eigenvalue weighted by molar-refractivity contribution is 7.98. The van der Waals surface area contributed by atoms with E-state index in [1.165, 1.54) is 10.7 Å². The first-order valence-corrected chi connectivity index (χ1v) is 10.3. The topological polar surface area (TPSA) is 59.2 Å². The summed E-state index contributed by atoms with van der Waals surface area (Å²) in [6.07, 6.45) is 4.97. The Bertz CT molecular complexity index is 495. The van der Waals surface area contributed by atoms with Crippen molar-refractivity contribution in [1.29, 1.82) is 0 Å². The average molecular weight is 378 g/mol. The number of aromatic nitrogens is 1. The molecule has 2 N–H and O–H groups in total. The van der Waals surface area contributed by atoms with E-state index in [0.717, 1.165) is 38.1 Å². The molecule has 1 aliphatic heterocycles. The summed E-state index contributed by atoms with van der Waals surface area (Å²) in [6, 6.07) is -0.353. The van der Waals surface area contributed by atoms with Crippen LogP contribution in [0.2, 0.25) is 0 Å². The number of hydrogen-bond donors (Lipinski definition) is 1. The van der Waals surface area contributed by atoms with Crippen LogP contribution in [0.15, 0.2) is 5.38 Å². The van der Waals surface area contributed by atoms with E-state index in [4.69, 9.17) is 10.7 Å². The minimum atomic E-state index is -0.353. The number of piperidine rings is 1. The quantitative estimate of drug-likeness (QED) is 0.824. The number of likely N-dealkylation sites (tertiary alicyclic amines) is 1. The Balaban J connectivity index is 0.00000264. The number of thiazole rings is 1. The molecule has 0 bridgehead atoms. The van der Waals surface area contributed by atoms with Gasteiger partial charge in [-0.1, -0.05) is 13.8 Å². The molecular weight excluding hydrogens is 350 g/mol. The maximum atomic E-state index is 12.5.